The molecule has 1 amide bonds. The van der Waals surface area contributed by atoms with Crippen LogP contribution in [-0.2, 0) is 4.79 Å². The van der Waals surface area contributed by atoms with E-state index in [1.54, 1.807) is 0 Å². The SMILES string of the molecule is CC(C)(C)CC(NC(=O)C(C)(C)Br)c1ccccc1. The number of hydrogen-bond donors (Lipinski definition) is 1. The lowest BCUT2D eigenvalue weighted by molar-refractivity contribution is -0.123. The molecule has 1 aromatic carbocycles. The second kappa shape index (κ2) is 6.08. The van der Waals surface area contributed by atoms with Crippen molar-refractivity contribution in [3.8, 4) is 0 Å². The summed E-state index contributed by atoms with van der Waals surface area (Å²) in [5.74, 6) is 0.0191. The summed E-state index contributed by atoms with van der Waals surface area (Å²) in [6.45, 7) is 10.3. The largest absolute Gasteiger partial charge is 0.348 e. The Hall–Kier alpha value is -0.830. The Labute approximate surface area is 125 Å². The molecule has 0 radical (unpaired) electrons. The van der Waals surface area contributed by atoms with Gasteiger partial charge >= 0.3 is 0 Å². The van der Waals surface area contributed by atoms with Crippen molar-refractivity contribution >= 4 is 21.8 Å². The Balaban J connectivity index is 2.91. The third-order valence-corrected chi connectivity index (χ3v) is 3.22. The van der Waals surface area contributed by atoms with Crippen molar-refractivity contribution < 1.29 is 4.79 Å². The van der Waals surface area contributed by atoms with Crippen LogP contribution in [0.4, 0.5) is 0 Å². The summed E-state index contributed by atoms with van der Waals surface area (Å²) in [7, 11) is 0. The van der Waals surface area contributed by atoms with E-state index in [2.05, 4.69) is 54.2 Å². The highest BCUT2D eigenvalue weighted by molar-refractivity contribution is 9.10. The first-order valence-electron chi connectivity index (χ1n) is 6.64. The first-order valence-corrected chi connectivity index (χ1v) is 7.44. The summed E-state index contributed by atoms with van der Waals surface area (Å²) in [6, 6.07) is 10.2. The van der Waals surface area contributed by atoms with E-state index in [-0.39, 0.29) is 17.4 Å². The lowest BCUT2D eigenvalue weighted by atomic mass is 9.85. The number of carbonyl (C=O) groups is 1. The van der Waals surface area contributed by atoms with Crippen molar-refractivity contribution in [1.82, 2.24) is 5.32 Å². The lowest BCUT2D eigenvalue weighted by Gasteiger charge is -2.29. The third kappa shape index (κ3) is 5.77. The Kier molecular flexibility index (Phi) is 5.19. The van der Waals surface area contributed by atoms with Crippen LogP contribution >= 0.6 is 15.9 Å². The fourth-order valence-corrected chi connectivity index (χ4v) is 1.99. The smallest absolute Gasteiger partial charge is 0.236 e. The molecule has 0 heterocycles. The number of benzene rings is 1. The van der Waals surface area contributed by atoms with Gasteiger partial charge < -0.3 is 5.32 Å². The van der Waals surface area contributed by atoms with Crippen molar-refractivity contribution in [2.45, 2.75) is 51.4 Å². The predicted molar refractivity (Wildman–Crippen MR) is 84.4 cm³/mol. The van der Waals surface area contributed by atoms with Gasteiger partial charge in [0.1, 0.15) is 0 Å². The average Bonchev–Trinajstić information content (AvgIpc) is 2.26. The van der Waals surface area contributed by atoms with Gasteiger partial charge in [0.15, 0.2) is 0 Å². The van der Waals surface area contributed by atoms with E-state index in [1.807, 2.05) is 32.0 Å². The Morgan fingerprint density at radius 2 is 1.68 bits per heavy atom. The summed E-state index contributed by atoms with van der Waals surface area (Å²) >= 11 is 3.41. The minimum atomic E-state index is -0.544. The minimum Gasteiger partial charge on any atom is -0.348 e. The van der Waals surface area contributed by atoms with Crippen LogP contribution in [0.15, 0.2) is 30.3 Å². The summed E-state index contributed by atoms with van der Waals surface area (Å²) in [4.78, 5) is 12.2. The highest BCUT2D eigenvalue weighted by Crippen LogP contribution is 2.30. The molecule has 0 aromatic heterocycles. The van der Waals surface area contributed by atoms with E-state index in [0.717, 1.165) is 12.0 Å². The van der Waals surface area contributed by atoms with Gasteiger partial charge in [0.05, 0.1) is 10.4 Å². The molecule has 1 rings (SSSR count). The fourth-order valence-electron chi connectivity index (χ4n) is 1.88. The van der Waals surface area contributed by atoms with E-state index >= 15 is 0 Å². The highest BCUT2D eigenvalue weighted by atomic mass is 79.9. The van der Waals surface area contributed by atoms with Crippen molar-refractivity contribution in [2.75, 3.05) is 0 Å². The maximum absolute atomic E-state index is 12.2. The Morgan fingerprint density at radius 1 is 1.16 bits per heavy atom. The maximum Gasteiger partial charge on any atom is 0.236 e. The van der Waals surface area contributed by atoms with Gasteiger partial charge in [-0.1, -0.05) is 67.0 Å². The molecule has 0 fully saturated rings. The first-order chi connectivity index (χ1) is 8.59. The zero-order valence-electron chi connectivity index (χ0n) is 12.5. The van der Waals surface area contributed by atoms with Gasteiger partial charge in [-0.25, -0.2) is 0 Å². The van der Waals surface area contributed by atoms with E-state index in [0.29, 0.717) is 0 Å². The molecular weight excluding hydrogens is 302 g/mol. The lowest BCUT2D eigenvalue weighted by Crippen LogP contribution is -2.40. The third-order valence-electron chi connectivity index (χ3n) is 2.86. The summed E-state index contributed by atoms with van der Waals surface area (Å²) in [6.07, 6.45) is 0.909. The zero-order valence-corrected chi connectivity index (χ0v) is 14.0. The molecular formula is C16H24BrNO. The van der Waals surface area contributed by atoms with E-state index in [9.17, 15) is 4.79 Å². The van der Waals surface area contributed by atoms with Gasteiger partial charge in [0.2, 0.25) is 5.91 Å². The number of rotatable bonds is 4. The Bertz CT molecular complexity index is 415. The molecule has 1 aromatic rings. The van der Waals surface area contributed by atoms with Gasteiger partial charge in [-0.2, -0.15) is 0 Å². The van der Waals surface area contributed by atoms with Crippen LogP contribution in [0.1, 0.15) is 52.6 Å². The van der Waals surface area contributed by atoms with Crippen LogP contribution in [0.5, 0.6) is 0 Å². The molecule has 1 unspecified atom stereocenters. The summed E-state index contributed by atoms with van der Waals surface area (Å²) in [5.41, 5.74) is 1.31. The molecule has 1 atom stereocenters. The number of amides is 1. The zero-order chi connectivity index (χ0) is 14.7. The van der Waals surface area contributed by atoms with Gasteiger partial charge in [0.25, 0.3) is 0 Å². The number of halogens is 1. The normalized spacial score (nSPS) is 14.0. The van der Waals surface area contributed by atoms with Crippen molar-refractivity contribution in [3.05, 3.63) is 35.9 Å². The number of nitrogens with one attached hydrogen (secondary N) is 1. The topological polar surface area (TPSA) is 29.1 Å². The van der Waals surface area contributed by atoms with Crippen molar-refractivity contribution in [3.63, 3.8) is 0 Å². The highest BCUT2D eigenvalue weighted by Gasteiger charge is 2.28. The van der Waals surface area contributed by atoms with Gasteiger partial charge in [-0.05, 0) is 31.2 Å². The second-order valence-electron chi connectivity index (χ2n) is 6.67. The van der Waals surface area contributed by atoms with Crippen molar-refractivity contribution in [1.29, 1.82) is 0 Å². The first kappa shape index (κ1) is 16.2. The molecule has 1 N–H and O–H groups in total. The number of carbonyl (C=O) groups excluding carboxylic acids is 1. The monoisotopic (exact) mass is 325 g/mol. The Morgan fingerprint density at radius 3 is 2.11 bits per heavy atom. The van der Waals surface area contributed by atoms with E-state index in [1.165, 1.54) is 0 Å². The van der Waals surface area contributed by atoms with Crippen molar-refractivity contribution in [2.24, 2.45) is 5.41 Å². The molecule has 0 aliphatic rings. The van der Waals surface area contributed by atoms with Crippen LogP contribution in [-0.4, -0.2) is 10.2 Å². The molecule has 0 aliphatic carbocycles. The minimum absolute atomic E-state index is 0.0191. The van der Waals surface area contributed by atoms with Crippen LogP contribution in [0.2, 0.25) is 0 Å². The second-order valence-corrected chi connectivity index (χ2v) is 8.66. The number of alkyl halides is 1. The molecule has 2 nitrogen and oxygen atoms in total. The molecule has 0 aliphatic heterocycles. The molecule has 0 bridgehead atoms. The van der Waals surface area contributed by atoms with E-state index in [4.69, 9.17) is 0 Å². The van der Waals surface area contributed by atoms with Gasteiger partial charge in [0, 0.05) is 0 Å². The van der Waals surface area contributed by atoms with Gasteiger partial charge in [-0.15, -0.1) is 0 Å². The van der Waals surface area contributed by atoms with Crippen LogP contribution in [0, 0.1) is 5.41 Å². The van der Waals surface area contributed by atoms with Crippen LogP contribution in [0.25, 0.3) is 0 Å². The molecule has 3 heteroatoms. The molecule has 0 saturated heterocycles. The fraction of sp³-hybridized carbons (Fsp3) is 0.562. The van der Waals surface area contributed by atoms with Crippen LogP contribution in [0.3, 0.4) is 0 Å². The maximum atomic E-state index is 12.2. The van der Waals surface area contributed by atoms with Crippen LogP contribution < -0.4 is 5.32 Å². The predicted octanol–water partition coefficient (Wildman–Crippen LogP) is 4.45. The summed E-state index contributed by atoms with van der Waals surface area (Å²) < 4.78 is -0.544. The quantitative estimate of drug-likeness (QED) is 0.814. The molecule has 0 saturated carbocycles. The average molecular weight is 326 g/mol. The van der Waals surface area contributed by atoms with Gasteiger partial charge in [-0.3, -0.25) is 4.79 Å². The number of hydrogen-bond acceptors (Lipinski definition) is 1. The van der Waals surface area contributed by atoms with E-state index < -0.39 is 4.32 Å². The standard InChI is InChI=1S/C16H24BrNO/c1-15(2,3)11-13(12-9-7-6-8-10-12)18-14(19)16(4,5)17/h6-10,13H,11H2,1-5H3,(H,18,19). The molecule has 0 spiro atoms. The summed E-state index contributed by atoms with van der Waals surface area (Å²) in [5, 5.41) is 3.14. The molecule has 19 heavy (non-hydrogen) atoms. The molecule has 106 valence electrons.